The first-order chi connectivity index (χ1) is 8.78. The van der Waals surface area contributed by atoms with Crippen LogP contribution in [0.4, 0.5) is 5.82 Å². The molecule has 3 rings (SSSR count). The number of hydrogen-bond donors (Lipinski definition) is 2. The smallest absolute Gasteiger partial charge is 0.226 e. The second kappa shape index (κ2) is 4.18. The average Bonchev–Trinajstić information content (AvgIpc) is 2.85. The molecule has 1 aliphatic rings. The van der Waals surface area contributed by atoms with Gasteiger partial charge in [0.25, 0.3) is 0 Å². The van der Waals surface area contributed by atoms with Gasteiger partial charge in [0.05, 0.1) is 13.3 Å². The summed E-state index contributed by atoms with van der Waals surface area (Å²) in [7, 11) is 1.63. The SMILES string of the molecule is COc1cccc([C@@H]2CC(=O)Nc3[nH]ncc32)c1. The lowest BCUT2D eigenvalue weighted by Gasteiger charge is -2.22. The summed E-state index contributed by atoms with van der Waals surface area (Å²) in [5.74, 6) is 1.52. The minimum atomic E-state index is -0.000398. The van der Waals surface area contributed by atoms with Gasteiger partial charge >= 0.3 is 0 Å². The van der Waals surface area contributed by atoms with Crippen molar-refractivity contribution in [2.24, 2.45) is 0 Å². The molecule has 0 saturated carbocycles. The third-order valence-corrected chi connectivity index (χ3v) is 3.19. The first-order valence-electron chi connectivity index (χ1n) is 5.75. The van der Waals surface area contributed by atoms with Crippen LogP contribution in [0.15, 0.2) is 30.5 Å². The minimum absolute atomic E-state index is 0.000398. The number of aromatic nitrogens is 2. The molecule has 1 aliphatic heterocycles. The van der Waals surface area contributed by atoms with Crippen LogP contribution in [0.5, 0.6) is 5.75 Å². The Bertz CT molecular complexity index is 591. The third kappa shape index (κ3) is 1.73. The molecule has 0 saturated heterocycles. The summed E-state index contributed by atoms with van der Waals surface area (Å²) in [6.07, 6.45) is 2.19. The molecular formula is C13H13N3O2. The van der Waals surface area contributed by atoms with Gasteiger partial charge in [-0.15, -0.1) is 0 Å². The van der Waals surface area contributed by atoms with E-state index in [1.54, 1.807) is 13.3 Å². The topological polar surface area (TPSA) is 67.0 Å². The lowest BCUT2D eigenvalue weighted by Crippen LogP contribution is -2.22. The number of rotatable bonds is 2. The molecule has 2 heterocycles. The highest BCUT2D eigenvalue weighted by molar-refractivity contribution is 5.94. The van der Waals surface area contributed by atoms with E-state index in [9.17, 15) is 4.79 Å². The molecule has 0 radical (unpaired) electrons. The number of ether oxygens (including phenoxy) is 1. The second-order valence-corrected chi connectivity index (χ2v) is 4.28. The number of anilines is 1. The van der Waals surface area contributed by atoms with E-state index < -0.39 is 0 Å². The highest BCUT2D eigenvalue weighted by Gasteiger charge is 2.28. The predicted octanol–water partition coefficient (Wildman–Crippen LogP) is 1.89. The summed E-state index contributed by atoms with van der Waals surface area (Å²) in [6.45, 7) is 0. The summed E-state index contributed by atoms with van der Waals surface area (Å²) < 4.78 is 5.22. The highest BCUT2D eigenvalue weighted by atomic mass is 16.5. The molecule has 2 N–H and O–H groups in total. The third-order valence-electron chi connectivity index (χ3n) is 3.19. The Morgan fingerprint density at radius 1 is 1.44 bits per heavy atom. The number of nitrogens with one attached hydrogen (secondary N) is 2. The number of carbonyl (C=O) groups is 1. The van der Waals surface area contributed by atoms with Crippen molar-refractivity contribution in [1.29, 1.82) is 0 Å². The first-order valence-corrected chi connectivity index (χ1v) is 5.75. The zero-order valence-corrected chi connectivity index (χ0v) is 9.93. The summed E-state index contributed by atoms with van der Waals surface area (Å²) in [6, 6.07) is 7.78. The number of nitrogens with zero attached hydrogens (tertiary/aromatic N) is 1. The van der Waals surface area contributed by atoms with Crippen LogP contribution in [-0.4, -0.2) is 23.2 Å². The van der Waals surface area contributed by atoms with Gasteiger partial charge in [-0.25, -0.2) is 0 Å². The Morgan fingerprint density at radius 3 is 3.17 bits per heavy atom. The number of fused-ring (bicyclic) bond motifs is 1. The van der Waals surface area contributed by atoms with E-state index in [0.717, 1.165) is 16.9 Å². The van der Waals surface area contributed by atoms with E-state index in [0.29, 0.717) is 12.2 Å². The molecule has 18 heavy (non-hydrogen) atoms. The van der Waals surface area contributed by atoms with Crippen molar-refractivity contribution in [2.45, 2.75) is 12.3 Å². The van der Waals surface area contributed by atoms with E-state index >= 15 is 0 Å². The zero-order chi connectivity index (χ0) is 12.5. The van der Waals surface area contributed by atoms with E-state index in [1.807, 2.05) is 24.3 Å². The van der Waals surface area contributed by atoms with Crippen molar-refractivity contribution >= 4 is 11.7 Å². The quantitative estimate of drug-likeness (QED) is 0.846. The molecule has 0 aliphatic carbocycles. The zero-order valence-electron chi connectivity index (χ0n) is 9.93. The van der Waals surface area contributed by atoms with E-state index in [2.05, 4.69) is 15.5 Å². The van der Waals surface area contributed by atoms with Gasteiger partial charge in [0.1, 0.15) is 11.6 Å². The predicted molar refractivity (Wildman–Crippen MR) is 66.7 cm³/mol. The highest BCUT2D eigenvalue weighted by Crippen LogP contribution is 2.36. The molecular weight excluding hydrogens is 230 g/mol. The van der Waals surface area contributed by atoms with E-state index in [-0.39, 0.29) is 11.8 Å². The molecule has 0 spiro atoms. The normalized spacial score (nSPS) is 18.1. The average molecular weight is 243 g/mol. The standard InChI is InChI=1S/C13H13N3O2/c1-18-9-4-2-3-8(5-9)10-6-12(17)15-13-11(10)7-14-16-13/h2-5,7,10H,6H2,1H3,(H2,14,15,16,17)/t10-/m0/s1. The molecule has 92 valence electrons. The van der Waals surface area contributed by atoms with Crippen LogP contribution < -0.4 is 10.1 Å². The lowest BCUT2D eigenvalue weighted by atomic mass is 9.87. The largest absolute Gasteiger partial charge is 0.497 e. The van der Waals surface area contributed by atoms with Crippen LogP contribution in [0.2, 0.25) is 0 Å². The molecule has 5 heteroatoms. The molecule has 1 aromatic carbocycles. The minimum Gasteiger partial charge on any atom is -0.497 e. The fraction of sp³-hybridized carbons (Fsp3) is 0.231. The fourth-order valence-electron chi connectivity index (χ4n) is 2.30. The molecule has 0 unspecified atom stereocenters. The molecule has 0 fully saturated rings. The van der Waals surface area contributed by atoms with Crippen molar-refractivity contribution < 1.29 is 9.53 Å². The van der Waals surface area contributed by atoms with Crippen molar-refractivity contribution in [1.82, 2.24) is 10.2 Å². The van der Waals surface area contributed by atoms with Gasteiger partial charge in [-0.3, -0.25) is 9.89 Å². The Morgan fingerprint density at radius 2 is 2.33 bits per heavy atom. The maximum Gasteiger partial charge on any atom is 0.226 e. The van der Waals surface area contributed by atoms with Crippen LogP contribution in [0.3, 0.4) is 0 Å². The monoisotopic (exact) mass is 243 g/mol. The Kier molecular flexibility index (Phi) is 2.51. The first kappa shape index (κ1) is 10.8. The molecule has 1 amide bonds. The van der Waals surface area contributed by atoms with Gasteiger partial charge in [-0.05, 0) is 17.7 Å². The number of H-pyrrole nitrogens is 1. The second-order valence-electron chi connectivity index (χ2n) is 4.28. The summed E-state index contributed by atoms with van der Waals surface area (Å²) in [5.41, 5.74) is 2.08. The molecule has 5 nitrogen and oxygen atoms in total. The number of hydrogen-bond acceptors (Lipinski definition) is 3. The van der Waals surface area contributed by atoms with Gasteiger partial charge in [0, 0.05) is 17.9 Å². The maximum atomic E-state index is 11.7. The van der Waals surface area contributed by atoms with Crippen LogP contribution in [0, 0.1) is 0 Å². The van der Waals surface area contributed by atoms with Crippen molar-refractivity contribution in [3.63, 3.8) is 0 Å². The van der Waals surface area contributed by atoms with Gasteiger partial charge in [-0.1, -0.05) is 12.1 Å². The van der Waals surface area contributed by atoms with Crippen molar-refractivity contribution in [3.05, 3.63) is 41.6 Å². The number of benzene rings is 1. The fourth-order valence-corrected chi connectivity index (χ4v) is 2.30. The Labute approximate surface area is 104 Å². The number of carbonyl (C=O) groups excluding carboxylic acids is 1. The number of aromatic amines is 1. The Balaban J connectivity index is 2.04. The number of amides is 1. The molecule has 1 aromatic heterocycles. The number of methoxy groups -OCH3 is 1. The molecule has 0 bridgehead atoms. The van der Waals surface area contributed by atoms with Gasteiger partial charge < -0.3 is 10.1 Å². The molecule has 2 aromatic rings. The van der Waals surface area contributed by atoms with Crippen LogP contribution in [-0.2, 0) is 4.79 Å². The van der Waals surface area contributed by atoms with E-state index in [1.165, 1.54) is 0 Å². The molecule has 1 atom stereocenters. The van der Waals surface area contributed by atoms with Gasteiger partial charge in [-0.2, -0.15) is 5.10 Å². The summed E-state index contributed by atoms with van der Waals surface area (Å²) >= 11 is 0. The van der Waals surface area contributed by atoms with Crippen molar-refractivity contribution in [2.75, 3.05) is 12.4 Å². The lowest BCUT2D eigenvalue weighted by molar-refractivity contribution is -0.116. The van der Waals surface area contributed by atoms with Gasteiger partial charge in [0.2, 0.25) is 5.91 Å². The summed E-state index contributed by atoms with van der Waals surface area (Å²) in [4.78, 5) is 11.7. The van der Waals surface area contributed by atoms with Crippen molar-refractivity contribution in [3.8, 4) is 5.75 Å². The Hall–Kier alpha value is -2.30. The van der Waals surface area contributed by atoms with E-state index in [4.69, 9.17) is 4.74 Å². The summed E-state index contributed by atoms with van der Waals surface area (Å²) in [5, 5.41) is 9.57. The van der Waals surface area contributed by atoms with Gasteiger partial charge in [0.15, 0.2) is 0 Å². The van der Waals surface area contributed by atoms with Crippen LogP contribution in [0.25, 0.3) is 0 Å². The van der Waals surface area contributed by atoms with Crippen LogP contribution >= 0.6 is 0 Å². The maximum absolute atomic E-state index is 11.7. The van der Waals surface area contributed by atoms with Crippen LogP contribution in [0.1, 0.15) is 23.5 Å².